The monoisotopic (exact) mass is 179 g/mol. The minimum absolute atomic E-state index is 0.280. The van der Waals surface area contributed by atoms with Crippen LogP contribution in [0.2, 0.25) is 0 Å². The van der Waals surface area contributed by atoms with E-state index >= 15 is 0 Å². The van der Waals surface area contributed by atoms with Crippen LogP contribution in [0.4, 0.5) is 4.79 Å². The molecule has 0 atom stereocenters. The maximum Gasteiger partial charge on any atom is 0.409 e. The van der Waals surface area contributed by atoms with Gasteiger partial charge in [0.05, 0.1) is 6.61 Å². The number of carbonyl (C=O) groups excluding carboxylic acids is 1. The molecule has 0 N–H and O–H groups in total. The standard InChI is InChI=1S/C7H14ClNO2/c1-3-11-7(10)9(2)6-4-5-8/h3-6H2,1-2H3. The summed E-state index contributed by atoms with van der Waals surface area (Å²) in [6.45, 7) is 2.86. The molecule has 0 aliphatic heterocycles. The molecule has 1 amide bonds. The molecule has 0 saturated heterocycles. The number of hydrogen-bond acceptors (Lipinski definition) is 2. The second-order valence-electron chi connectivity index (χ2n) is 2.16. The molecule has 0 radical (unpaired) electrons. The van der Waals surface area contributed by atoms with Crippen molar-refractivity contribution < 1.29 is 9.53 Å². The molecular weight excluding hydrogens is 166 g/mol. The van der Waals surface area contributed by atoms with Crippen molar-refractivity contribution in [3.8, 4) is 0 Å². The third-order valence-corrected chi connectivity index (χ3v) is 1.47. The van der Waals surface area contributed by atoms with Crippen LogP contribution in [0, 0.1) is 0 Å². The first kappa shape index (κ1) is 10.6. The predicted octanol–water partition coefficient (Wildman–Crippen LogP) is 1.70. The van der Waals surface area contributed by atoms with E-state index in [1.807, 2.05) is 0 Å². The molecule has 0 aromatic heterocycles. The fraction of sp³-hybridized carbons (Fsp3) is 0.857. The zero-order valence-corrected chi connectivity index (χ0v) is 7.73. The Morgan fingerprint density at radius 1 is 1.64 bits per heavy atom. The van der Waals surface area contributed by atoms with E-state index in [9.17, 15) is 4.79 Å². The predicted molar refractivity (Wildman–Crippen MR) is 45.0 cm³/mol. The van der Waals surface area contributed by atoms with Gasteiger partial charge in [0.2, 0.25) is 0 Å². The normalized spacial score (nSPS) is 9.36. The van der Waals surface area contributed by atoms with Crippen molar-refractivity contribution in [1.82, 2.24) is 4.90 Å². The lowest BCUT2D eigenvalue weighted by atomic mass is 10.4. The summed E-state index contributed by atoms with van der Waals surface area (Å²) in [5.41, 5.74) is 0. The lowest BCUT2D eigenvalue weighted by Gasteiger charge is -2.14. The molecule has 11 heavy (non-hydrogen) atoms. The first-order valence-corrected chi connectivity index (χ1v) is 4.19. The molecule has 3 nitrogen and oxygen atoms in total. The zero-order valence-electron chi connectivity index (χ0n) is 6.97. The minimum Gasteiger partial charge on any atom is -0.450 e. The van der Waals surface area contributed by atoms with Crippen molar-refractivity contribution in [2.45, 2.75) is 13.3 Å². The Morgan fingerprint density at radius 2 is 2.27 bits per heavy atom. The number of alkyl halides is 1. The quantitative estimate of drug-likeness (QED) is 0.615. The number of rotatable bonds is 4. The van der Waals surface area contributed by atoms with Crippen LogP contribution in [0.1, 0.15) is 13.3 Å². The van der Waals surface area contributed by atoms with Crippen LogP contribution in [0.25, 0.3) is 0 Å². The van der Waals surface area contributed by atoms with Gasteiger partial charge in [-0.2, -0.15) is 0 Å². The number of halogens is 1. The van der Waals surface area contributed by atoms with Gasteiger partial charge in [0, 0.05) is 19.5 Å². The fourth-order valence-electron chi connectivity index (χ4n) is 0.622. The molecule has 0 saturated carbocycles. The highest BCUT2D eigenvalue weighted by molar-refractivity contribution is 6.17. The Morgan fingerprint density at radius 3 is 2.73 bits per heavy atom. The van der Waals surface area contributed by atoms with Crippen LogP contribution in [0.3, 0.4) is 0 Å². The van der Waals surface area contributed by atoms with Gasteiger partial charge >= 0.3 is 6.09 Å². The highest BCUT2D eigenvalue weighted by Gasteiger charge is 2.06. The largest absolute Gasteiger partial charge is 0.450 e. The Labute approximate surface area is 72.3 Å². The second kappa shape index (κ2) is 6.28. The average Bonchev–Trinajstić information content (AvgIpc) is 2.00. The maximum atomic E-state index is 10.9. The minimum atomic E-state index is -0.280. The molecule has 0 aromatic carbocycles. The molecule has 66 valence electrons. The third-order valence-electron chi connectivity index (χ3n) is 1.21. The van der Waals surface area contributed by atoms with Crippen LogP contribution >= 0.6 is 11.6 Å². The van der Waals surface area contributed by atoms with Crippen molar-refractivity contribution in [2.75, 3.05) is 26.1 Å². The van der Waals surface area contributed by atoms with Gasteiger partial charge in [-0.15, -0.1) is 11.6 Å². The van der Waals surface area contributed by atoms with E-state index in [4.69, 9.17) is 16.3 Å². The smallest absolute Gasteiger partial charge is 0.409 e. The molecular formula is C7H14ClNO2. The molecule has 0 aliphatic carbocycles. The van der Waals surface area contributed by atoms with Crippen LogP contribution in [0.5, 0.6) is 0 Å². The molecule has 4 heteroatoms. The number of ether oxygens (including phenoxy) is 1. The Balaban J connectivity index is 3.46. The van der Waals surface area contributed by atoms with Crippen molar-refractivity contribution >= 4 is 17.7 Å². The number of amides is 1. The number of hydrogen-bond donors (Lipinski definition) is 0. The summed E-state index contributed by atoms with van der Waals surface area (Å²) in [5, 5.41) is 0. The van der Waals surface area contributed by atoms with E-state index < -0.39 is 0 Å². The summed E-state index contributed by atoms with van der Waals surface area (Å²) in [7, 11) is 1.70. The van der Waals surface area contributed by atoms with Gasteiger partial charge in [-0.3, -0.25) is 0 Å². The first-order chi connectivity index (χ1) is 5.22. The maximum absolute atomic E-state index is 10.9. The van der Waals surface area contributed by atoms with E-state index in [2.05, 4.69) is 0 Å². The van der Waals surface area contributed by atoms with Gasteiger partial charge in [-0.25, -0.2) is 4.79 Å². The van der Waals surface area contributed by atoms with E-state index in [-0.39, 0.29) is 6.09 Å². The van der Waals surface area contributed by atoms with E-state index in [1.54, 1.807) is 14.0 Å². The molecule has 0 fully saturated rings. The van der Waals surface area contributed by atoms with Crippen molar-refractivity contribution in [3.63, 3.8) is 0 Å². The summed E-state index contributed by atoms with van der Waals surface area (Å²) < 4.78 is 4.74. The lowest BCUT2D eigenvalue weighted by Crippen LogP contribution is -2.28. The lowest BCUT2D eigenvalue weighted by molar-refractivity contribution is 0.116. The average molecular weight is 180 g/mol. The summed E-state index contributed by atoms with van der Waals surface area (Å²) in [4.78, 5) is 12.4. The molecule has 0 heterocycles. The van der Waals surface area contributed by atoms with Crippen molar-refractivity contribution in [1.29, 1.82) is 0 Å². The van der Waals surface area contributed by atoms with Gasteiger partial charge in [-0.1, -0.05) is 0 Å². The second-order valence-corrected chi connectivity index (χ2v) is 2.54. The Kier molecular flexibility index (Phi) is 6.03. The highest BCUT2D eigenvalue weighted by atomic mass is 35.5. The molecule has 0 spiro atoms. The summed E-state index contributed by atoms with van der Waals surface area (Å²) >= 11 is 5.45. The van der Waals surface area contributed by atoms with Crippen molar-refractivity contribution in [3.05, 3.63) is 0 Å². The van der Waals surface area contributed by atoms with Crippen LogP contribution in [0.15, 0.2) is 0 Å². The van der Waals surface area contributed by atoms with Gasteiger partial charge in [-0.05, 0) is 13.3 Å². The molecule has 0 unspecified atom stereocenters. The first-order valence-electron chi connectivity index (χ1n) is 3.66. The van der Waals surface area contributed by atoms with Crippen LogP contribution in [-0.2, 0) is 4.74 Å². The summed E-state index contributed by atoms with van der Waals surface area (Å²) in [6.07, 6.45) is 0.522. The summed E-state index contributed by atoms with van der Waals surface area (Å²) in [6, 6.07) is 0. The van der Waals surface area contributed by atoms with E-state index in [1.165, 1.54) is 4.90 Å². The zero-order chi connectivity index (χ0) is 8.69. The van der Waals surface area contributed by atoms with Crippen LogP contribution < -0.4 is 0 Å². The molecule has 0 aliphatic rings. The molecule has 0 rings (SSSR count). The van der Waals surface area contributed by atoms with Crippen LogP contribution in [-0.4, -0.2) is 37.1 Å². The van der Waals surface area contributed by atoms with Gasteiger partial charge in [0.15, 0.2) is 0 Å². The Hall–Kier alpha value is -0.440. The summed E-state index contributed by atoms with van der Waals surface area (Å²) in [5.74, 6) is 0.573. The fourth-order valence-corrected chi connectivity index (χ4v) is 0.741. The number of nitrogens with zero attached hydrogens (tertiary/aromatic N) is 1. The van der Waals surface area contributed by atoms with Gasteiger partial charge in [0.25, 0.3) is 0 Å². The number of carbonyl (C=O) groups is 1. The highest BCUT2D eigenvalue weighted by Crippen LogP contribution is 1.93. The van der Waals surface area contributed by atoms with Gasteiger partial charge in [0.1, 0.15) is 0 Å². The molecule has 0 aromatic rings. The SMILES string of the molecule is CCOC(=O)N(C)CCCCl. The topological polar surface area (TPSA) is 29.5 Å². The molecule has 0 bridgehead atoms. The Bertz CT molecular complexity index is 119. The van der Waals surface area contributed by atoms with Crippen molar-refractivity contribution in [2.24, 2.45) is 0 Å². The third kappa shape index (κ3) is 4.90. The van der Waals surface area contributed by atoms with E-state index in [0.717, 1.165) is 6.42 Å². The van der Waals surface area contributed by atoms with Gasteiger partial charge < -0.3 is 9.64 Å². The van der Waals surface area contributed by atoms with E-state index in [0.29, 0.717) is 19.0 Å².